The summed E-state index contributed by atoms with van der Waals surface area (Å²) in [6, 6.07) is 4.42. The van der Waals surface area contributed by atoms with Gasteiger partial charge in [0, 0.05) is 25.2 Å². The molecule has 9 nitrogen and oxygen atoms in total. The van der Waals surface area contributed by atoms with Gasteiger partial charge in [0.2, 0.25) is 5.91 Å². The van der Waals surface area contributed by atoms with Crippen molar-refractivity contribution in [1.82, 2.24) is 9.80 Å². The number of carboxylic acids is 1. The lowest BCUT2D eigenvalue weighted by atomic mass is 10.0. The number of likely N-dealkylation sites (N-methyl/N-ethyl adjacent to an activating group) is 1. The summed E-state index contributed by atoms with van der Waals surface area (Å²) in [5.74, 6) is -1.06. The first-order valence-corrected chi connectivity index (χ1v) is 8.91. The molecular weight excluding hydrogens is 388 g/mol. The van der Waals surface area contributed by atoms with E-state index < -0.39 is 10.9 Å². The summed E-state index contributed by atoms with van der Waals surface area (Å²) in [4.78, 5) is 37.9. The number of benzene rings is 1. The number of nitrogens with one attached hydrogen (secondary N) is 1. The number of nitrogens with zero attached hydrogens (tertiary/aromatic N) is 3. The molecular formula is C18H27ClN4O5. The molecule has 1 aromatic carbocycles. The van der Waals surface area contributed by atoms with Crippen LogP contribution < -0.4 is 5.32 Å². The van der Waals surface area contributed by atoms with Crippen molar-refractivity contribution >= 4 is 35.7 Å². The molecule has 1 atom stereocenters. The number of rotatable bonds is 7. The number of hydrogen-bond acceptors (Lipinski definition) is 6. The number of carbonyl (C=O) groups excluding carboxylic acids is 1. The lowest BCUT2D eigenvalue weighted by Crippen LogP contribution is -2.50. The molecule has 1 unspecified atom stereocenters. The van der Waals surface area contributed by atoms with Crippen LogP contribution in [0.25, 0.3) is 0 Å². The van der Waals surface area contributed by atoms with Gasteiger partial charge in [-0.3, -0.25) is 29.5 Å². The molecule has 0 aliphatic carbocycles. The van der Waals surface area contributed by atoms with Crippen molar-refractivity contribution in [3.63, 3.8) is 0 Å². The van der Waals surface area contributed by atoms with Crippen LogP contribution in [0.4, 0.5) is 11.4 Å². The van der Waals surface area contributed by atoms with Crippen molar-refractivity contribution in [2.45, 2.75) is 38.8 Å². The van der Waals surface area contributed by atoms with Crippen molar-refractivity contribution in [2.75, 3.05) is 32.0 Å². The first kappa shape index (κ1) is 23.8. The first-order chi connectivity index (χ1) is 12.7. The average Bonchev–Trinajstić information content (AvgIpc) is 2.62. The number of hydrogen-bond donors (Lipinski definition) is 2. The molecule has 0 saturated carbocycles. The molecule has 0 aromatic heterocycles. The average molecular weight is 415 g/mol. The maximum atomic E-state index is 12.6. The summed E-state index contributed by atoms with van der Waals surface area (Å²) in [6.07, 6.45) is 1.58. The molecule has 1 fully saturated rings. The van der Waals surface area contributed by atoms with Gasteiger partial charge in [-0.05, 0) is 39.8 Å². The van der Waals surface area contributed by atoms with Crippen LogP contribution >= 0.6 is 12.4 Å². The maximum Gasteiger partial charge on any atom is 0.317 e. The molecule has 2 N–H and O–H groups in total. The summed E-state index contributed by atoms with van der Waals surface area (Å²) in [7, 11) is 1.80. The van der Waals surface area contributed by atoms with Gasteiger partial charge >= 0.3 is 5.97 Å². The highest BCUT2D eigenvalue weighted by Gasteiger charge is 2.29. The summed E-state index contributed by atoms with van der Waals surface area (Å²) in [6.45, 7) is 4.81. The van der Waals surface area contributed by atoms with Gasteiger partial charge in [0.1, 0.15) is 0 Å². The molecule has 1 aromatic rings. The number of nitro groups is 1. The smallest absolute Gasteiger partial charge is 0.317 e. The van der Waals surface area contributed by atoms with Gasteiger partial charge in [-0.1, -0.05) is 6.07 Å². The molecule has 1 aliphatic rings. The molecule has 0 bridgehead atoms. The predicted molar refractivity (Wildman–Crippen MR) is 108 cm³/mol. The van der Waals surface area contributed by atoms with Gasteiger partial charge in [-0.2, -0.15) is 0 Å². The topological polar surface area (TPSA) is 116 Å². The second-order valence-electron chi connectivity index (χ2n) is 6.95. The minimum Gasteiger partial charge on any atom is -0.480 e. The molecule has 1 amide bonds. The van der Waals surface area contributed by atoms with Crippen molar-refractivity contribution < 1.29 is 19.6 Å². The van der Waals surface area contributed by atoms with Gasteiger partial charge in [0.25, 0.3) is 5.69 Å². The highest BCUT2D eigenvalue weighted by atomic mass is 35.5. The van der Waals surface area contributed by atoms with Crippen LogP contribution in [0.3, 0.4) is 0 Å². The minimum atomic E-state index is -0.847. The van der Waals surface area contributed by atoms with E-state index in [1.165, 1.54) is 6.07 Å². The van der Waals surface area contributed by atoms with Crippen LogP contribution in [-0.2, 0) is 9.59 Å². The second-order valence-corrected chi connectivity index (χ2v) is 6.95. The molecule has 28 heavy (non-hydrogen) atoms. The Morgan fingerprint density at radius 1 is 1.39 bits per heavy atom. The Labute approximate surface area is 170 Å². The molecule has 2 rings (SSSR count). The highest BCUT2D eigenvalue weighted by Crippen LogP contribution is 2.25. The van der Waals surface area contributed by atoms with E-state index >= 15 is 0 Å². The quantitative estimate of drug-likeness (QED) is 0.518. The highest BCUT2D eigenvalue weighted by molar-refractivity contribution is 5.95. The lowest BCUT2D eigenvalue weighted by Gasteiger charge is -2.38. The number of carbonyl (C=O) groups is 2. The summed E-state index contributed by atoms with van der Waals surface area (Å²) in [5, 5.41) is 22.7. The molecule has 0 radical (unpaired) electrons. The largest absolute Gasteiger partial charge is 0.480 e. The molecule has 0 spiro atoms. The Kier molecular flexibility index (Phi) is 8.80. The summed E-state index contributed by atoms with van der Waals surface area (Å²) in [5.41, 5.74) is 0.844. The maximum absolute atomic E-state index is 12.6. The van der Waals surface area contributed by atoms with Crippen molar-refractivity contribution in [3.05, 3.63) is 33.9 Å². The number of piperidine rings is 1. The zero-order chi connectivity index (χ0) is 20.1. The van der Waals surface area contributed by atoms with Gasteiger partial charge in [0.05, 0.1) is 28.8 Å². The third-order valence-electron chi connectivity index (χ3n) is 5.19. The molecule has 1 heterocycles. The SMILES string of the molecule is Cc1c(NC(=O)C(C)N2CCC(N(C)CC(=O)O)CC2)cccc1[N+](=O)[O-].Cl. The van der Waals surface area contributed by atoms with E-state index in [9.17, 15) is 19.7 Å². The van der Waals surface area contributed by atoms with E-state index in [1.54, 1.807) is 26.1 Å². The third-order valence-corrected chi connectivity index (χ3v) is 5.19. The van der Waals surface area contributed by atoms with E-state index in [0.29, 0.717) is 24.3 Å². The molecule has 1 aliphatic heterocycles. The molecule has 1 saturated heterocycles. The van der Waals surface area contributed by atoms with E-state index in [4.69, 9.17) is 5.11 Å². The van der Waals surface area contributed by atoms with Gasteiger partial charge in [-0.25, -0.2) is 0 Å². The Balaban J connectivity index is 0.00000392. The van der Waals surface area contributed by atoms with Gasteiger partial charge in [0.15, 0.2) is 0 Å². The number of anilines is 1. The zero-order valence-electron chi connectivity index (χ0n) is 16.3. The number of amides is 1. The van der Waals surface area contributed by atoms with Crippen molar-refractivity contribution in [2.24, 2.45) is 0 Å². The van der Waals surface area contributed by atoms with E-state index in [2.05, 4.69) is 5.32 Å². The Hall–Kier alpha value is -2.23. The lowest BCUT2D eigenvalue weighted by molar-refractivity contribution is -0.385. The van der Waals surface area contributed by atoms with Crippen LogP contribution in [0.1, 0.15) is 25.3 Å². The van der Waals surface area contributed by atoms with Gasteiger partial charge < -0.3 is 10.4 Å². The number of nitro benzene ring substituents is 1. The normalized spacial score (nSPS) is 16.3. The second kappa shape index (κ2) is 10.4. The van der Waals surface area contributed by atoms with Crippen LogP contribution in [0.15, 0.2) is 18.2 Å². The number of aliphatic carboxylic acids is 1. The summed E-state index contributed by atoms with van der Waals surface area (Å²) >= 11 is 0. The van der Waals surface area contributed by atoms with Crippen LogP contribution in [0.2, 0.25) is 0 Å². The van der Waals surface area contributed by atoms with Crippen LogP contribution in [-0.4, -0.2) is 70.5 Å². The third kappa shape index (κ3) is 5.88. The monoisotopic (exact) mass is 414 g/mol. The fraction of sp³-hybridized carbons (Fsp3) is 0.556. The fourth-order valence-electron chi connectivity index (χ4n) is 3.42. The predicted octanol–water partition coefficient (Wildman–Crippen LogP) is 2.13. The standard InChI is InChI=1S/C18H26N4O5.ClH/c1-12-15(5-4-6-16(12)22(26)27)19-18(25)13(2)21-9-7-14(8-10-21)20(3)11-17(23)24;/h4-6,13-14H,7-11H2,1-3H3,(H,19,25)(H,23,24);1H. The number of carboxylic acid groups (broad SMARTS) is 1. The van der Waals surface area contributed by atoms with Gasteiger partial charge in [-0.15, -0.1) is 12.4 Å². The van der Waals surface area contributed by atoms with Crippen LogP contribution in [0, 0.1) is 17.0 Å². The Morgan fingerprint density at radius 3 is 2.54 bits per heavy atom. The Morgan fingerprint density at radius 2 is 2.00 bits per heavy atom. The minimum absolute atomic E-state index is 0. The first-order valence-electron chi connectivity index (χ1n) is 8.91. The van der Waals surface area contributed by atoms with E-state index in [1.807, 2.05) is 16.7 Å². The fourth-order valence-corrected chi connectivity index (χ4v) is 3.42. The number of halogens is 1. The zero-order valence-corrected chi connectivity index (χ0v) is 17.1. The van der Waals surface area contributed by atoms with E-state index in [-0.39, 0.29) is 42.6 Å². The van der Waals surface area contributed by atoms with Crippen molar-refractivity contribution in [1.29, 1.82) is 0 Å². The van der Waals surface area contributed by atoms with Crippen molar-refractivity contribution in [3.8, 4) is 0 Å². The summed E-state index contributed by atoms with van der Waals surface area (Å²) < 4.78 is 0. The molecule has 156 valence electrons. The molecule has 10 heteroatoms. The van der Waals surface area contributed by atoms with E-state index in [0.717, 1.165) is 12.8 Å². The number of likely N-dealkylation sites (tertiary alicyclic amines) is 1. The Bertz CT molecular complexity index is 722. The van der Waals surface area contributed by atoms with Crippen LogP contribution in [0.5, 0.6) is 0 Å².